The maximum atomic E-state index is 12.9. The van der Waals surface area contributed by atoms with E-state index >= 15 is 0 Å². The fraction of sp³-hybridized carbons (Fsp3) is 0.333. The van der Waals surface area contributed by atoms with Gasteiger partial charge in [-0.2, -0.15) is 47.1 Å². The molecule has 1 aliphatic heterocycles. The number of hydrogen-bond acceptors (Lipinski definition) is 10. The molecule has 10 nitrogen and oxygen atoms in total. The van der Waals surface area contributed by atoms with E-state index in [1.807, 2.05) is 12.1 Å². The Labute approximate surface area is 273 Å². The second-order valence-corrected chi connectivity index (χ2v) is 8.54. The van der Waals surface area contributed by atoms with Gasteiger partial charge in [0.1, 0.15) is 5.71 Å². The van der Waals surface area contributed by atoms with Gasteiger partial charge in [-0.15, -0.1) is 0 Å². The van der Waals surface area contributed by atoms with Gasteiger partial charge in [0.2, 0.25) is 5.17 Å². The molecule has 256 valence electrons. The molecule has 0 bridgehead atoms. The van der Waals surface area contributed by atoms with E-state index in [0.29, 0.717) is 12.2 Å². The average Bonchev–Trinajstić information content (AvgIpc) is 3.47. The number of anilines is 2. The molecule has 1 unspecified atom stereocenters. The number of nitrogens with zero attached hydrogens (tertiary/aromatic N) is 5. The summed E-state index contributed by atoms with van der Waals surface area (Å²) >= 11 is 4.88. The van der Waals surface area contributed by atoms with Gasteiger partial charge >= 0.3 is 24.3 Å². The molecule has 0 fully saturated rings. The molecule has 0 spiro atoms. The van der Waals surface area contributed by atoms with Gasteiger partial charge in [0.15, 0.2) is 6.04 Å². The smallest absolute Gasteiger partial charge is 0.446 e. The van der Waals surface area contributed by atoms with Crippen LogP contribution in [0.15, 0.2) is 71.4 Å². The maximum Gasteiger partial charge on any atom is 0.446 e. The Hall–Kier alpha value is -5.09. The Kier molecular flexibility index (Phi) is 19.5. The number of nitriles is 2. The van der Waals surface area contributed by atoms with Crippen LogP contribution in [0.5, 0.6) is 0 Å². The summed E-state index contributed by atoms with van der Waals surface area (Å²) in [5, 5.41) is 23.3. The van der Waals surface area contributed by atoms with Crippen LogP contribution >= 0.6 is 11.6 Å². The molecule has 3 rings (SSSR count). The normalized spacial score (nSPS) is 13.6. The van der Waals surface area contributed by atoms with Gasteiger partial charge in [-0.05, 0) is 50.2 Å². The number of carbonyl (C=O) groups excluding carboxylic acids is 2. The lowest BCUT2D eigenvalue weighted by atomic mass is 10.1. The molecule has 0 amide bonds. The molecule has 0 aliphatic carbocycles. The second-order valence-electron chi connectivity index (χ2n) is 8.18. The quantitative estimate of drug-likeness (QED) is 0.102. The number of carbonyl (C=O) groups is 2. The number of hydrogen-bond donors (Lipinski definition) is 1. The van der Waals surface area contributed by atoms with E-state index in [4.69, 9.17) is 26.9 Å². The number of alkyl halides is 6. The molecule has 1 heterocycles. The number of nitrogens with one attached hydrogen (secondary N) is 1. The van der Waals surface area contributed by atoms with E-state index in [1.165, 1.54) is 48.5 Å². The van der Waals surface area contributed by atoms with E-state index in [1.54, 1.807) is 13.8 Å². The highest BCUT2D eigenvalue weighted by Gasteiger charge is 2.46. The number of ether oxygens (including phenoxy) is 2. The third-order valence-electron chi connectivity index (χ3n) is 5.00. The second kappa shape index (κ2) is 20.8. The molecule has 0 aromatic heterocycles. The average molecular weight is 691 g/mol. The summed E-state index contributed by atoms with van der Waals surface area (Å²) in [6.45, 7) is 7.00. The molecule has 2 aromatic carbocycles. The van der Waals surface area contributed by atoms with Crippen molar-refractivity contribution in [3.8, 4) is 12.1 Å². The Bertz CT molecular complexity index is 1480. The fourth-order valence-electron chi connectivity index (χ4n) is 3.10. The van der Waals surface area contributed by atoms with Crippen molar-refractivity contribution in [2.24, 2.45) is 10.2 Å². The number of halogens is 7. The van der Waals surface area contributed by atoms with Gasteiger partial charge in [-0.1, -0.05) is 45.2 Å². The molecule has 17 heteroatoms. The highest BCUT2D eigenvalue weighted by Crippen LogP contribution is 2.32. The Morgan fingerprint density at radius 3 is 2.06 bits per heavy atom. The minimum absolute atomic E-state index is 0. The van der Waals surface area contributed by atoms with Crippen LogP contribution in [0.4, 0.5) is 37.7 Å². The van der Waals surface area contributed by atoms with Gasteiger partial charge in [0, 0.05) is 12.5 Å². The highest BCUT2D eigenvalue weighted by molar-refractivity contribution is 6.66. The third-order valence-corrected chi connectivity index (χ3v) is 5.30. The monoisotopic (exact) mass is 690 g/mol. The van der Waals surface area contributed by atoms with Crippen molar-refractivity contribution in [3.63, 3.8) is 0 Å². The van der Waals surface area contributed by atoms with Crippen molar-refractivity contribution >= 4 is 45.8 Å². The summed E-state index contributed by atoms with van der Waals surface area (Å²) in [5.41, 5.74) is 2.12. The number of esters is 2. The number of hydrazone groups is 2. The van der Waals surface area contributed by atoms with Crippen LogP contribution in [-0.2, 0) is 19.1 Å². The van der Waals surface area contributed by atoms with Crippen LogP contribution < -0.4 is 10.4 Å². The molecule has 1 aliphatic rings. The lowest BCUT2D eigenvalue weighted by molar-refractivity contribution is -0.144. The van der Waals surface area contributed by atoms with Crippen LogP contribution in [0.3, 0.4) is 0 Å². The summed E-state index contributed by atoms with van der Waals surface area (Å²) in [6.07, 6.45) is -8.74. The predicted molar refractivity (Wildman–Crippen MR) is 167 cm³/mol. The van der Waals surface area contributed by atoms with Crippen LogP contribution in [0.1, 0.15) is 46.2 Å². The van der Waals surface area contributed by atoms with Gasteiger partial charge in [0.25, 0.3) is 0 Å². The van der Waals surface area contributed by atoms with Crippen molar-refractivity contribution in [3.05, 3.63) is 72.3 Å². The van der Waals surface area contributed by atoms with Gasteiger partial charge in [0.05, 0.1) is 47.9 Å². The fourth-order valence-corrected chi connectivity index (χ4v) is 3.14. The first-order valence-corrected chi connectivity index (χ1v) is 12.9. The lowest BCUT2D eigenvalue weighted by Crippen LogP contribution is -2.36. The zero-order chi connectivity index (χ0) is 34.2. The van der Waals surface area contributed by atoms with Crippen LogP contribution in [0, 0.1) is 22.7 Å². The summed E-state index contributed by atoms with van der Waals surface area (Å²) in [6, 6.07) is 14.3. The van der Waals surface area contributed by atoms with Crippen LogP contribution in [0.2, 0.25) is 0 Å². The number of benzene rings is 2. The van der Waals surface area contributed by atoms with E-state index in [9.17, 15) is 35.9 Å². The summed E-state index contributed by atoms with van der Waals surface area (Å²) in [7, 11) is 0. The van der Waals surface area contributed by atoms with Crippen molar-refractivity contribution in [2.45, 2.75) is 53.5 Å². The van der Waals surface area contributed by atoms with E-state index in [-0.39, 0.29) is 44.4 Å². The highest BCUT2D eigenvalue weighted by atomic mass is 35.5. The van der Waals surface area contributed by atoms with Gasteiger partial charge in [-0.3, -0.25) is 10.4 Å². The standard InChI is InChI=1S/C14H12F3N3O2.C9H5ClF3N3.C5H8O2.2CH4/c1-2-22-13(21)11-7-12(14(15,16)17)19-20(11)10-5-3-4-9(6-10)8-18;10-8(9(11,12)13)16-15-7-3-1-2-6(4-7)5-14;1-3-5(6)7-4-2;;/h3-6,11H,2,7H2,1H3;1-4,15H;3H,1,4H2,2H3;2*1H4/b;16-8-;;;. The van der Waals surface area contributed by atoms with Crippen LogP contribution in [0.25, 0.3) is 0 Å². The minimum Gasteiger partial charge on any atom is -0.464 e. The van der Waals surface area contributed by atoms with E-state index in [0.717, 1.165) is 11.1 Å². The molecule has 0 saturated heterocycles. The first kappa shape index (κ1) is 44.0. The predicted octanol–water partition coefficient (Wildman–Crippen LogP) is 7.71. The van der Waals surface area contributed by atoms with Crippen LogP contribution in [-0.4, -0.2) is 54.4 Å². The molecular weight excluding hydrogens is 658 g/mol. The van der Waals surface area contributed by atoms with Crippen molar-refractivity contribution in [2.75, 3.05) is 23.6 Å². The van der Waals surface area contributed by atoms with E-state index in [2.05, 4.69) is 26.9 Å². The largest absolute Gasteiger partial charge is 0.464 e. The van der Waals surface area contributed by atoms with Gasteiger partial charge in [-0.25, -0.2) is 9.59 Å². The maximum absolute atomic E-state index is 12.9. The number of rotatable bonds is 7. The van der Waals surface area contributed by atoms with E-state index < -0.39 is 41.7 Å². The first-order chi connectivity index (χ1) is 21.1. The minimum atomic E-state index is -4.68. The third kappa shape index (κ3) is 15.2. The zero-order valence-electron chi connectivity index (χ0n) is 23.6. The van der Waals surface area contributed by atoms with Crippen molar-refractivity contribution in [1.82, 2.24) is 0 Å². The lowest BCUT2D eigenvalue weighted by Gasteiger charge is -2.21. The molecule has 47 heavy (non-hydrogen) atoms. The Morgan fingerprint density at radius 2 is 1.60 bits per heavy atom. The van der Waals surface area contributed by atoms with Crippen molar-refractivity contribution < 1.29 is 45.4 Å². The molecule has 2 aromatic rings. The summed E-state index contributed by atoms with van der Waals surface area (Å²) < 4.78 is 83.6. The Balaban J connectivity index is 0. The van der Waals surface area contributed by atoms with Gasteiger partial charge < -0.3 is 9.47 Å². The zero-order valence-corrected chi connectivity index (χ0v) is 24.4. The Morgan fingerprint density at radius 1 is 1.04 bits per heavy atom. The molecular formula is C30H33ClF6N6O4. The SMILES string of the molecule is C.C.C=CC(=O)OCC.CCOC(=O)C1CC(C(F)(F)F)=NN1c1cccc(C#N)c1.N#Cc1cccc(N/N=C(\Cl)C(F)(F)F)c1. The molecule has 1 N–H and O–H groups in total. The molecule has 1 atom stereocenters. The van der Waals surface area contributed by atoms with Crippen molar-refractivity contribution in [1.29, 1.82) is 10.5 Å². The molecule has 0 radical (unpaired) electrons. The summed E-state index contributed by atoms with van der Waals surface area (Å²) in [5.74, 6) is -1.14. The summed E-state index contributed by atoms with van der Waals surface area (Å²) in [4.78, 5) is 22.0. The molecule has 0 saturated carbocycles. The first-order valence-electron chi connectivity index (χ1n) is 12.6. The topological polar surface area (TPSA) is 140 Å².